The molecule has 0 saturated heterocycles. The highest BCUT2D eigenvalue weighted by Gasteiger charge is 1.78. The van der Waals surface area contributed by atoms with Gasteiger partial charge < -0.3 is 0 Å². The number of benzene rings is 1. The van der Waals surface area contributed by atoms with Crippen molar-refractivity contribution in [3.05, 3.63) is 36.4 Å². The topological polar surface area (TPSA) is 0 Å². The van der Waals surface area contributed by atoms with E-state index >= 15 is 0 Å². The van der Waals surface area contributed by atoms with Gasteiger partial charge in [0, 0.05) is 4.20 Å². The van der Waals surface area contributed by atoms with Gasteiger partial charge in [-0.3, -0.25) is 0 Å². The van der Waals surface area contributed by atoms with Crippen molar-refractivity contribution in [2.45, 2.75) is 49.0 Å². The van der Waals surface area contributed by atoms with E-state index in [4.69, 9.17) is 12.2 Å². The lowest BCUT2D eigenvalue weighted by molar-refractivity contribution is 1.09. The fourth-order valence-corrected chi connectivity index (χ4v) is 1.35. The summed E-state index contributed by atoms with van der Waals surface area (Å²) in [7, 11) is 0. The Hall–Kier alpha value is -0.340. The Morgan fingerprint density at radius 3 is 1.18 bits per heavy atom. The summed E-state index contributed by atoms with van der Waals surface area (Å²) in [5, 5.41) is 0. The molecule has 102 valence electrons. The molecule has 1 aromatic carbocycles. The predicted octanol–water partition coefficient (Wildman–Crippen LogP) is 6.46. The lowest BCUT2D eigenvalue weighted by Crippen LogP contribution is -1.74. The van der Waals surface area contributed by atoms with Crippen molar-refractivity contribution in [1.82, 2.24) is 0 Å². The first-order valence-corrected chi connectivity index (χ1v) is 6.71. The molecule has 17 heavy (non-hydrogen) atoms. The van der Waals surface area contributed by atoms with Crippen LogP contribution in [0.3, 0.4) is 0 Å². The molecule has 0 bridgehead atoms. The van der Waals surface area contributed by atoms with Crippen molar-refractivity contribution in [3.8, 4) is 0 Å². The first kappa shape index (κ1) is 25.5. The normalized spacial score (nSPS) is 6.82. The quantitative estimate of drug-likeness (QED) is 0.539. The maximum atomic E-state index is 4.76. The van der Waals surface area contributed by atoms with E-state index in [1.807, 2.05) is 43.3 Å². The van der Waals surface area contributed by atoms with E-state index in [9.17, 15) is 0 Å². The van der Waals surface area contributed by atoms with Gasteiger partial charge in [0.05, 0.1) is 0 Å². The maximum Gasteiger partial charge on any atom is 0.0447 e. The van der Waals surface area contributed by atoms with Gasteiger partial charge in [-0.1, -0.05) is 90.7 Å². The molecule has 0 aromatic heterocycles. The first-order chi connectivity index (χ1) is 7.18. The second-order valence-corrected chi connectivity index (χ2v) is 5.14. The van der Waals surface area contributed by atoms with E-state index in [1.165, 1.54) is 6.42 Å². The molecule has 0 unspecified atom stereocenters. The molecule has 0 heterocycles. The van der Waals surface area contributed by atoms with Crippen LogP contribution < -0.4 is 0 Å². The standard InChI is InChI=1S/C6H6.C4H8S2.C3H8.2CH4/c1-2-4-6-5-3-1;1-3-6-4(2)5;1-3-2;;/h1-6H;3H2,1-2H3;3H2,1-2H3;2*1H4. The van der Waals surface area contributed by atoms with E-state index in [1.54, 1.807) is 11.8 Å². The Bertz CT molecular complexity index is 181. The fourth-order valence-electron chi connectivity index (χ4n) is 0.588. The van der Waals surface area contributed by atoms with Crippen molar-refractivity contribution in [2.24, 2.45) is 0 Å². The molecule has 1 rings (SSSR count). The second-order valence-electron chi connectivity index (χ2n) is 2.79. The van der Waals surface area contributed by atoms with Crippen molar-refractivity contribution < 1.29 is 0 Å². The van der Waals surface area contributed by atoms with E-state index < -0.39 is 0 Å². The van der Waals surface area contributed by atoms with Crippen molar-refractivity contribution in [2.75, 3.05) is 5.75 Å². The van der Waals surface area contributed by atoms with Crippen LogP contribution in [0.2, 0.25) is 0 Å². The zero-order valence-electron chi connectivity index (χ0n) is 10.2. The Morgan fingerprint density at radius 2 is 1.12 bits per heavy atom. The van der Waals surface area contributed by atoms with Crippen LogP contribution in [0.4, 0.5) is 0 Å². The molecule has 2 heteroatoms. The number of thiocarbonyl (C=S) groups is 1. The van der Waals surface area contributed by atoms with Crippen LogP contribution in [0.1, 0.15) is 49.0 Å². The summed E-state index contributed by atoms with van der Waals surface area (Å²) in [5.74, 6) is 1.11. The van der Waals surface area contributed by atoms with Gasteiger partial charge in [0.1, 0.15) is 0 Å². The van der Waals surface area contributed by atoms with Crippen molar-refractivity contribution >= 4 is 28.2 Å². The molecule has 0 fully saturated rings. The second kappa shape index (κ2) is 24.8. The molecule has 0 aliphatic heterocycles. The van der Waals surface area contributed by atoms with Crippen LogP contribution >= 0.6 is 24.0 Å². The molecular formula is C15H30S2. The summed E-state index contributed by atoms with van der Waals surface area (Å²) in [6, 6.07) is 12.0. The van der Waals surface area contributed by atoms with E-state index in [2.05, 4.69) is 20.8 Å². The monoisotopic (exact) mass is 274 g/mol. The predicted molar refractivity (Wildman–Crippen MR) is 92.3 cm³/mol. The number of rotatable bonds is 1. The highest BCUT2D eigenvalue weighted by atomic mass is 32.2. The molecule has 0 N–H and O–H groups in total. The summed E-state index contributed by atoms with van der Waals surface area (Å²) in [6.45, 7) is 8.30. The minimum atomic E-state index is 0. The molecule has 0 radical (unpaired) electrons. The molecule has 0 aliphatic rings. The minimum Gasteiger partial charge on any atom is -0.120 e. The molecule has 0 saturated carbocycles. The van der Waals surface area contributed by atoms with Gasteiger partial charge in [-0.05, 0) is 12.7 Å². The Labute approximate surface area is 119 Å². The van der Waals surface area contributed by atoms with E-state index in [-0.39, 0.29) is 14.9 Å². The third kappa shape index (κ3) is 39.0. The zero-order chi connectivity index (χ0) is 11.9. The summed E-state index contributed by atoms with van der Waals surface area (Å²) in [6.07, 6.45) is 1.25. The number of hydrogen-bond donors (Lipinski definition) is 0. The zero-order valence-corrected chi connectivity index (χ0v) is 11.8. The molecule has 0 amide bonds. The Morgan fingerprint density at radius 1 is 0.882 bits per heavy atom. The lowest BCUT2D eigenvalue weighted by atomic mass is 10.4. The minimum absolute atomic E-state index is 0. The average molecular weight is 275 g/mol. The van der Waals surface area contributed by atoms with Gasteiger partial charge in [0.15, 0.2) is 0 Å². The molecule has 0 atom stereocenters. The van der Waals surface area contributed by atoms with Crippen molar-refractivity contribution in [3.63, 3.8) is 0 Å². The summed E-state index contributed by atoms with van der Waals surface area (Å²) in [5.41, 5.74) is 0. The molecular weight excluding hydrogens is 244 g/mol. The maximum absolute atomic E-state index is 4.76. The number of thioether (sulfide) groups is 1. The van der Waals surface area contributed by atoms with E-state index in [0.717, 1.165) is 9.95 Å². The van der Waals surface area contributed by atoms with Gasteiger partial charge in [0.2, 0.25) is 0 Å². The van der Waals surface area contributed by atoms with Crippen LogP contribution in [0.5, 0.6) is 0 Å². The highest BCUT2D eigenvalue weighted by molar-refractivity contribution is 8.23. The average Bonchev–Trinajstić information content (AvgIpc) is 2.22. The van der Waals surface area contributed by atoms with Crippen LogP contribution in [-0.2, 0) is 0 Å². The van der Waals surface area contributed by atoms with Crippen LogP contribution in [-0.4, -0.2) is 9.95 Å². The van der Waals surface area contributed by atoms with Gasteiger partial charge >= 0.3 is 0 Å². The van der Waals surface area contributed by atoms with Crippen LogP contribution in [0, 0.1) is 0 Å². The number of hydrogen-bond acceptors (Lipinski definition) is 2. The largest absolute Gasteiger partial charge is 0.120 e. The third-order valence-corrected chi connectivity index (χ3v) is 2.06. The van der Waals surface area contributed by atoms with Gasteiger partial charge in [0.25, 0.3) is 0 Å². The van der Waals surface area contributed by atoms with Gasteiger partial charge in [-0.2, -0.15) is 0 Å². The molecule has 1 aromatic rings. The first-order valence-electron chi connectivity index (χ1n) is 5.32. The smallest absolute Gasteiger partial charge is 0.0447 e. The Balaban J connectivity index is -0.0000000743. The molecule has 0 spiro atoms. The Kier molecular flexibility index (Phi) is 37.1. The fraction of sp³-hybridized carbons (Fsp3) is 0.533. The van der Waals surface area contributed by atoms with Crippen molar-refractivity contribution in [1.29, 1.82) is 0 Å². The van der Waals surface area contributed by atoms with Gasteiger partial charge in [-0.15, -0.1) is 11.8 Å². The van der Waals surface area contributed by atoms with E-state index in [0.29, 0.717) is 0 Å². The summed E-state index contributed by atoms with van der Waals surface area (Å²) >= 11 is 6.48. The SMILES string of the molecule is C.C.CCC.CCSC(C)=S.c1ccccc1. The summed E-state index contributed by atoms with van der Waals surface area (Å²) < 4.78 is 1.04. The third-order valence-electron chi connectivity index (χ3n) is 1.01. The van der Waals surface area contributed by atoms with Crippen LogP contribution in [0.15, 0.2) is 36.4 Å². The summed E-state index contributed by atoms with van der Waals surface area (Å²) in [4.78, 5) is 0. The molecule has 0 aliphatic carbocycles. The highest BCUT2D eigenvalue weighted by Crippen LogP contribution is 1.99. The van der Waals surface area contributed by atoms with Crippen LogP contribution in [0.25, 0.3) is 0 Å². The molecule has 0 nitrogen and oxygen atoms in total. The van der Waals surface area contributed by atoms with Gasteiger partial charge in [-0.25, -0.2) is 0 Å². The lowest BCUT2D eigenvalue weighted by Gasteiger charge is -1.84.